The Morgan fingerprint density at radius 2 is 1.92 bits per heavy atom. The van der Waals surface area contributed by atoms with Crippen LogP contribution in [0.15, 0.2) is 71.2 Å². The predicted octanol–water partition coefficient (Wildman–Crippen LogP) is 7.36. The van der Waals surface area contributed by atoms with Gasteiger partial charge in [-0.05, 0) is 93.0 Å². The maximum atomic E-state index is 12.9. The molecular formula is C33H49N3O2. The first-order valence-electron chi connectivity index (χ1n) is 14.0. The van der Waals surface area contributed by atoms with Crippen LogP contribution in [-0.2, 0) is 4.79 Å². The van der Waals surface area contributed by atoms with Crippen LogP contribution in [0.25, 0.3) is 6.08 Å². The van der Waals surface area contributed by atoms with Gasteiger partial charge in [-0.15, -0.1) is 0 Å². The van der Waals surface area contributed by atoms with E-state index in [1.807, 2.05) is 40.3 Å². The number of nitrogens with two attached hydrogens (primary N) is 1. The zero-order chi connectivity index (χ0) is 28.4. The van der Waals surface area contributed by atoms with Crippen LogP contribution in [0.4, 0.5) is 0 Å². The molecule has 2 aliphatic rings. The van der Waals surface area contributed by atoms with Crippen LogP contribution in [0, 0.1) is 12.8 Å². The normalized spacial score (nSPS) is 18.6. The number of ether oxygens (including phenoxy) is 1. The number of aryl methyl sites for hydroxylation is 1. The van der Waals surface area contributed by atoms with Crippen molar-refractivity contribution in [2.75, 3.05) is 20.2 Å². The van der Waals surface area contributed by atoms with E-state index in [1.54, 1.807) is 7.11 Å². The number of methoxy groups -OCH3 is 1. The third kappa shape index (κ3) is 8.49. The van der Waals surface area contributed by atoms with Crippen molar-refractivity contribution in [2.45, 2.75) is 80.2 Å². The number of nitrogens with zero attached hydrogens (tertiary/aromatic N) is 2. The van der Waals surface area contributed by atoms with Crippen molar-refractivity contribution in [1.82, 2.24) is 9.80 Å². The van der Waals surface area contributed by atoms with Crippen molar-refractivity contribution >= 4 is 12.0 Å². The lowest BCUT2D eigenvalue weighted by Crippen LogP contribution is -2.46. The number of hydrogen-bond acceptors (Lipinski definition) is 4. The van der Waals surface area contributed by atoms with Gasteiger partial charge in [0, 0.05) is 42.3 Å². The fourth-order valence-electron chi connectivity index (χ4n) is 4.42. The number of benzene rings is 1. The maximum absolute atomic E-state index is 12.9. The highest BCUT2D eigenvalue weighted by Gasteiger charge is 2.25. The molecule has 0 saturated carbocycles. The maximum Gasteiger partial charge on any atom is 0.254 e. The van der Waals surface area contributed by atoms with Crippen LogP contribution in [0.2, 0.25) is 0 Å². The molecule has 0 aromatic heterocycles. The molecule has 2 N–H and O–H groups in total. The number of carbonyl (C=O) groups is 1. The zero-order valence-corrected chi connectivity index (χ0v) is 24.9. The largest absolute Gasteiger partial charge is 0.497 e. The van der Waals surface area contributed by atoms with E-state index < -0.39 is 0 Å². The average Bonchev–Trinajstić information content (AvgIpc) is 2.92. The summed E-state index contributed by atoms with van der Waals surface area (Å²) in [6.07, 6.45) is 12.5. The Kier molecular flexibility index (Phi) is 12.1. The SMILES string of the molecule is C=C1C=C(C(=O)N2CCCC(N)C2)C=CN1/C(C)=C(C)/C(C)=C/c1ccc(OC)cc1C.CCC(C)CC. The smallest absolute Gasteiger partial charge is 0.254 e. The van der Waals surface area contributed by atoms with Crippen molar-refractivity contribution in [2.24, 2.45) is 11.7 Å². The lowest BCUT2D eigenvalue weighted by molar-refractivity contribution is -0.127. The van der Waals surface area contributed by atoms with E-state index >= 15 is 0 Å². The summed E-state index contributed by atoms with van der Waals surface area (Å²) in [6.45, 7) is 20.7. The summed E-state index contributed by atoms with van der Waals surface area (Å²) in [4.78, 5) is 16.8. The molecule has 5 nitrogen and oxygen atoms in total. The van der Waals surface area contributed by atoms with Gasteiger partial charge in [0.25, 0.3) is 5.91 Å². The van der Waals surface area contributed by atoms with Crippen molar-refractivity contribution in [1.29, 1.82) is 0 Å². The number of amides is 1. The molecule has 1 amide bonds. The van der Waals surface area contributed by atoms with Gasteiger partial charge in [0.05, 0.1) is 7.11 Å². The quantitative estimate of drug-likeness (QED) is 0.382. The molecule has 0 spiro atoms. The van der Waals surface area contributed by atoms with Crippen LogP contribution in [0.5, 0.6) is 5.75 Å². The Bertz CT molecular complexity index is 1110. The lowest BCUT2D eigenvalue weighted by atomic mass is 10.00. The number of allylic oxidation sites excluding steroid dienone is 4. The summed E-state index contributed by atoms with van der Waals surface area (Å²) in [7, 11) is 1.68. The number of piperidine rings is 1. The summed E-state index contributed by atoms with van der Waals surface area (Å²) < 4.78 is 5.31. The molecule has 38 heavy (non-hydrogen) atoms. The Balaban J connectivity index is 0.000000757. The molecule has 2 aliphatic heterocycles. The molecule has 1 unspecified atom stereocenters. The lowest BCUT2D eigenvalue weighted by Gasteiger charge is -2.32. The zero-order valence-electron chi connectivity index (χ0n) is 24.9. The number of hydrogen-bond donors (Lipinski definition) is 1. The van der Waals surface area contributed by atoms with Gasteiger partial charge in [-0.1, -0.05) is 52.3 Å². The van der Waals surface area contributed by atoms with Gasteiger partial charge in [-0.3, -0.25) is 4.79 Å². The van der Waals surface area contributed by atoms with Crippen LogP contribution < -0.4 is 10.5 Å². The van der Waals surface area contributed by atoms with E-state index in [4.69, 9.17) is 10.5 Å². The van der Waals surface area contributed by atoms with Gasteiger partial charge in [0.2, 0.25) is 0 Å². The monoisotopic (exact) mass is 519 g/mol. The van der Waals surface area contributed by atoms with Crippen LogP contribution in [-0.4, -0.2) is 41.9 Å². The fourth-order valence-corrected chi connectivity index (χ4v) is 4.42. The second-order valence-electron chi connectivity index (χ2n) is 10.6. The van der Waals surface area contributed by atoms with E-state index in [0.717, 1.165) is 53.6 Å². The molecule has 1 aromatic rings. The van der Waals surface area contributed by atoms with E-state index in [9.17, 15) is 4.79 Å². The third-order valence-corrected chi connectivity index (χ3v) is 7.77. The topological polar surface area (TPSA) is 58.8 Å². The summed E-state index contributed by atoms with van der Waals surface area (Å²) in [5.74, 6) is 1.82. The van der Waals surface area contributed by atoms with Crippen molar-refractivity contribution in [3.05, 3.63) is 82.4 Å². The van der Waals surface area contributed by atoms with Crippen LogP contribution in [0.1, 0.15) is 78.4 Å². The van der Waals surface area contributed by atoms with Gasteiger partial charge < -0.3 is 20.3 Å². The molecule has 0 bridgehead atoms. The van der Waals surface area contributed by atoms with Gasteiger partial charge in [-0.25, -0.2) is 0 Å². The average molecular weight is 520 g/mol. The van der Waals surface area contributed by atoms with Crippen molar-refractivity contribution < 1.29 is 9.53 Å². The van der Waals surface area contributed by atoms with E-state index in [1.165, 1.54) is 24.0 Å². The Hall–Kier alpha value is -3.05. The summed E-state index contributed by atoms with van der Waals surface area (Å²) in [5, 5.41) is 0. The summed E-state index contributed by atoms with van der Waals surface area (Å²) in [5.41, 5.74) is 13.2. The van der Waals surface area contributed by atoms with Crippen LogP contribution in [0.3, 0.4) is 0 Å². The Morgan fingerprint density at radius 3 is 2.45 bits per heavy atom. The molecular weight excluding hydrogens is 470 g/mol. The molecule has 1 aromatic carbocycles. The second-order valence-corrected chi connectivity index (χ2v) is 10.6. The minimum Gasteiger partial charge on any atom is -0.497 e. The number of likely N-dealkylation sites (tertiary alicyclic amines) is 1. The number of carbonyl (C=O) groups excluding carboxylic acids is 1. The molecule has 1 atom stereocenters. The van der Waals surface area contributed by atoms with Gasteiger partial charge in [0.1, 0.15) is 5.75 Å². The summed E-state index contributed by atoms with van der Waals surface area (Å²) >= 11 is 0. The third-order valence-electron chi connectivity index (χ3n) is 7.77. The highest BCUT2D eigenvalue weighted by atomic mass is 16.5. The molecule has 0 aliphatic carbocycles. The first-order chi connectivity index (χ1) is 18.0. The van der Waals surface area contributed by atoms with E-state index in [0.29, 0.717) is 12.1 Å². The van der Waals surface area contributed by atoms with Crippen LogP contribution >= 0.6 is 0 Å². The minimum absolute atomic E-state index is 0.0293. The Labute approximate surface area is 231 Å². The molecule has 3 rings (SSSR count). The molecule has 1 fully saturated rings. The van der Waals surface area contributed by atoms with Crippen molar-refractivity contribution in [3.8, 4) is 5.75 Å². The van der Waals surface area contributed by atoms with E-state index in [-0.39, 0.29) is 11.9 Å². The predicted molar refractivity (Wildman–Crippen MR) is 161 cm³/mol. The standard InChI is InChI=1S/C27H35N3O2.C6H14/c1-18(14-23-9-10-26(32-6)15-19(23)2)21(4)22(5)30-13-11-24(16-20(30)3)27(31)29-12-7-8-25(28)17-29;1-4-6(3)5-2/h9-11,13-16,25H,3,7-8,12,17,28H2,1-2,4-6H3;6H,4-5H2,1-3H3/b18-14+,22-21+;. The molecule has 5 heteroatoms. The summed E-state index contributed by atoms with van der Waals surface area (Å²) in [6, 6.07) is 6.16. The Morgan fingerprint density at radius 1 is 1.24 bits per heavy atom. The molecule has 1 saturated heterocycles. The first kappa shape index (κ1) is 31.2. The van der Waals surface area contributed by atoms with E-state index in [2.05, 4.69) is 67.2 Å². The fraction of sp³-hybridized carbons (Fsp3) is 0.485. The van der Waals surface area contributed by atoms with Gasteiger partial charge in [0.15, 0.2) is 0 Å². The number of rotatable bonds is 7. The van der Waals surface area contributed by atoms with Gasteiger partial charge in [-0.2, -0.15) is 0 Å². The van der Waals surface area contributed by atoms with Gasteiger partial charge >= 0.3 is 0 Å². The highest BCUT2D eigenvalue weighted by Crippen LogP contribution is 2.28. The molecule has 208 valence electrons. The van der Waals surface area contributed by atoms with Crippen molar-refractivity contribution in [3.63, 3.8) is 0 Å². The molecule has 0 radical (unpaired) electrons. The minimum atomic E-state index is 0.0293. The molecule has 2 heterocycles. The first-order valence-corrected chi connectivity index (χ1v) is 14.0. The second kappa shape index (κ2) is 14.8. The highest BCUT2D eigenvalue weighted by molar-refractivity contribution is 5.97.